The maximum atomic E-state index is 9.15. The van der Waals surface area contributed by atoms with E-state index in [4.69, 9.17) is 24.7 Å². The zero-order valence-electron chi connectivity index (χ0n) is 25.4. The van der Waals surface area contributed by atoms with E-state index in [1.165, 1.54) is 5.56 Å². The quantitative estimate of drug-likeness (QED) is 0.141. The van der Waals surface area contributed by atoms with E-state index in [9.17, 15) is 0 Å². The zero-order valence-corrected chi connectivity index (χ0v) is 27.0. The molecular formula is C34H36N7O2S2+. The summed E-state index contributed by atoms with van der Waals surface area (Å²) in [6.07, 6.45) is 0. The van der Waals surface area contributed by atoms with Crippen molar-refractivity contribution in [1.82, 2.24) is 14.9 Å². The maximum absolute atomic E-state index is 9.15. The molecular weight excluding hydrogens is 603 g/mol. The molecule has 45 heavy (non-hydrogen) atoms. The number of ether oxygens (including phenoxy) is 2. The molecule has 1 fully saturated rings. The third-order valence-corrected chi connectivity index (χ3v) is 9.66. The molecule has 6 rings (SSSR count). The SMILES string of the molecule is COc1ccc(Nc2nc(C[N+]3(Cc4csc(Nc5ccc(OC)cc5)n4)CCN(Cc4ccc(C#N)cc4)CC3)cs2)cc1. The summed E-state index contributed by atoms with van der Waals surface area (Å²) in [5, 5.41) is 22.1. The number of anilines is 4. The number of nitrogens with zero attached hydrogens (tertiary/aromatic N) is 5. The summed E-state index contributed by atoms with van der Waals surface area (Å²) in [4.78, 5) is 12.5. The second kappa shape index (κ2) is 14.1. The smallest absolute Gasteiger partial charge is 0.187 e. The molecule has 0 bridgehead atoms. The number of nitrogens with one attached hydrogen (secondary N) is 2. The highest BCUT2D eigenvalue weighted by Crippen LogP contribution is 2.30. The predicted octanol–water partition coefficient (Wildman–Crippen LogP) is 7.01. The Labute approximate surface area is 271 Å². The Bertz CT molecular complexity index is 1630. The Morgan fingerprint density at radius 3 is 1.69 bits per heavy atom. The minimum Gasteiger partial charge on any atom is -0.497 e. The van der Waals surface area contributed by atoms with Gasteiger partial charge in [0.2, 0.25) is 0 Å². The highest BCUT2D eigenvalue weighted by atomic mass is 32.1. The first kappa shape index (κ1) is 30.6. The van der Waals surface area contributed by atoms with E-state index < -0.39 is 0 Å². The summed E-state index contributed by atoms with van der Waals surface area (Å²) in [5.41, 5.74) is 6.07. The van der Waals surface area contributed by atoms with Gasteiger partial charge in [-0.3, -0.25) is 4.90 Å². The monoisotopic (exact) mass is 638 g/mol. The van der Waals surface area contributed by atoms with Gasteiger partial charge in [0, 0.05) is 41.8 Å². The summed E-state index contributed by atoms with van der Waals surface area (Å²) in [6, 6.07) is 25.9. The van der Waals surface area contributed by atoms with Gasteiger partial charge in [-0.1, -0.05) is 12.1 Å². The van der Waals surface area contributed by atoms with Crippen molar-refractivity contribution in [2.45, 2.75) is 19.6 Å². The molecule has 3 heterocycles. The first-order valence-electron chi connectivity index (χ1n) is 14.8. The van der Waals surface area contributed by atoms with Crippen LogP contribution in [0, 0.1) is 11.3 Å². The number of piperazine rings is 1. The summed E-state index contributed by atoms with van der Waals surface area (Å²) >= 11 is 3.26. The van der Waals surface area contributed by atoms with Crippen molar-refractivity contribution in [3.63, 3.8) is 0 Å². The number of benzene rings is 3. The first-order valence-corrected chi connectivity index (χ1v) is 16.5. The molecule has 0 unspecified atom stereocenters. The molecule has 1 aliphatic rings. The number of thiazole rings is 2. The normalized spacial score (nSPS) is 14.4. The van der Waals surface area contributed by atoms with E-state index in [0.29, 0.717) is 5.56 Å². The Kier molecular flexibility index (Phi) is 9.57. The lowest BCUT2D eigenvalue weighted by Gasteiger charge is -2.44. The van der Waals surface area contributed by atoms with E-state index in [0.717, 1.165) is 94.8 Å². The van der Waals surface area contributed by atoms with Crippen molar-refractivity contribution < 1.29 is 14.0 Å². The molecule has 0 atom stereocenters. The Morgan fingerprint density at radius 1 is 0.756 bits per heavy atom. The van der Waals surface area contributed by atoms with Crippen LogP contribution in [0.5, 0.6) is 11.5 Å². The predicted molar refractivity (Wildman–Crippen MR) is 181 cm³/mol. The zero-order chi connectivity index (χ0) is 31.1. The average Bonchev–Trinajstić information content (AvgIpc) is 3.71. The van der Waals surface area contributed by atoms with Crippen molar-refractivity contribution >= 4 is 44.3 Å². The molecule has 0 radical (unpaired) electrons. The van der Waals surface area contributed by atoms with Crippen molar-refractivity contribution in [2.24, 2.45) is 0 Å². The molecule has 5 aromatic rings. The number of hydrogen-bond donors (Lipinski definition) is 2. The second-order valence-electron chi connectivity index (χ2n) is 11.2. The fourth-order valence-electron chi connectivity index (χ4n) is 5.56. The maximum Gasteiger partial charge on any atom is 0.187 e. The minimum absolute atomic E-state index is 0.696. The Balaban J connectivity index is 1.15. The lowest BCUT2D eigenvalue weighted by Crippen LogP contribution is -2.58. The molecule has 11 heteroatoms. The number of hydrogen-bond acceptors (Lipinski definition) is 10. The molecule has 0 saturated carbocycles. The van der Waals surface area contributed by atoms with Gasteiger partial charge < -0.3 is 24.6 Å². The topological polar surface area (TPSA) is 95.3 Å². The van der Waals surface area contributed by atoms with Crippen LogP contribution >= 0.6 is 22.7 Å². The van der Waals surface area contributed by atoms with Crippen LogP contribution < -0.4 is 20.1 Å². The van der Waals surface area contributed by atoms with Gasteiger partial charge in [-0.15, -0.1) is 22.7 Å². The van der Waals surface area contributed by atoms with Crippen LogP contribution in [-0.4, -0.2) is 59.7 Å². The van der Waals surface area contributed by atoms with E-state index in [2.05, 4.69) is 44.5 Å². The van der Waals surface area contributed by atoms with Crippen molar-refractivity contribution in [2.75, 3.05) is 51.0 Å². The highest BCUT2D eigenvalue weighted by molar-refractivity contribution is 7.14. The van der Waals surface area contributed by atoms with Crippen molar-refractivity contribution in [3.05, 3.63) is 106 Å². The van der Waals surface area contributed by atoms with Gasteiger partial charge in [0.05, 0.1) is 38.9 Å². The van der Waals surface area contributed by atoms with Gasteiger partial charge in [-0.05, 0) is 66.2 Å². The van der Waals surface area contributed by atoms with Crippen LogP contribution in [0.4, 0.5) is 21.6 Å². The van der Waals surface area contributed by atoms with Gasteiger partial charge in [0.25, 0.3) is 0 Å². The first-order chi connectivity index (χ1) is 22.0. The third-order valence-electron chi connectivity index (χ3n) is 8.05. The van der Waals surface area contributed by atoms with Crippen molar-refractivity contribution in [1.29, 1.82) is 5.26 Å². The number of aromatic nitrogens is 2. The van der Waals surface area contributed by atoms with Gasteiger partial charge in [-0.25, -0.2) is 9.97 Å². The highest BCUT2D eigenvalue weighted by Gasteiger charge is 2.35. The van der Waals surface area contributed by atoms with Crippen molar-refractivity contribution in [3.8, 4) is 17.6 Å². The van der Waals surface area contributed by atoms with E-state index in [-0.39, 0.29) is 0 Å². The van der Waals surface area contributed by atoms with E-state index in [1.807, 2.05) is 60.7 Å². The molecule has 2 aromatic heterocycles. The number of nitriles is 1. The number of rotatable bonds is 12. The molecule has 3 aromatic carbocycles. The van der Waals surface area contributed by atoms with Crippen LogP contribution in [0.25, 0.3) is 0 Å². The van der Waals surface area contributed by atoms with E-state index >= 15 is 0 Å². The van der Waals surface area contributed by atoms with Crippen LogP contribution in [0.1, 0.15) is 22.5 Å². The lowest BCUT2D eigenvalue weighted by atomic mass is 10.1. The second-order valence-corrected chi connectivity index (χ2v) is 12.9. The molecule has 9 nitrogen and oxygen atoms in total. The summed E-state index contributed by atoms with van der Waals surface area (Å²) < 4.78 is 11.5. The van der Waals surface area contributed by atoms with Crippen LogP contribution in [0.15, 0.2) is 83.6 Å². The molecule has 1 saturated heterocycles. The fourth-order valence-corrected chi connectivity index (χ4v) is 7.00. The van der Waals surface area contributed by atoms with E-state index in [1.54, 1.807) is 36.9 Å². The molecule has 0 spiro atoms. The third kappa shape index (κ3) is 7.98. The Hall–Kier alpha value is -4.47. The summed E-state index contributed by atoms with van der Waals surface area (Å²) in [6.45, 7) is 6.49. The lowest BCUT2D eigenvalue weighted by molar-refractivity contribution is -0.957. The minimum atomic E-state index is 0.696. The number of quaternary nitrogens is 1. The van der Waals surface area contributed by atoms with Gasteiger partial charge >= 0.3 is 0 Å². The van der Waals surface area contributed by atoms with Crippen LogP contribution in [0.2, 0.25) is 0 Å². The largest absolute Gasteiger partial charge is 0.497 e. The Morgan fingerprint density at radius 2 is 1.24 bits per heavy atom. The molecule has 2 N–H and O–H groups in total. The summed E-state index contributed by atoms with van der Waals surface area (Å²) in [7, 11) is 3.34. The van der Waals surface area contributed by atoms with Crippen LogP contribution in [-0.2, 0) is 19.6 Å². The molecule has 230 valence electrons. The fraction of sp³-hybridized carbons (Fsp3) is 0.265. The average molecular weight is 639 g/mol. The standard InChI is InChI=1S/C34H36N7O2S2/c1-42-31-11-7-27(8-12-31)36-33-38-29(23-44-33)21-41(17-15-40(16-18-41)20-26-5-3-25(19-35)4-6-26)22-30-24-45-34(39-30)37-28-9-13-32(43-2)14-10-28/h3-14,23-24H,15-18,20-22H2,1-2H3,(H,36,38)(H,37,39)/q+1. The van der Waals surface area contributed by atoms with Crippen LogP contribution in [0.3, 0.4) is 0 Å². The molecule has 0 aliphatic carbocycles. The van der Waals surface area contributed by atoms with Gasteiger partial charge in [0.1, 0.15) is 36.0 Å². The summed E-state index contributed by atoms with van der Waals surface area (Å²) in [5.74, 6) is 1.66. The van der Waals surface area contributed by atoms with Gasteiger partial charge in [0.15, 0.2) is 10.3 Å². The number of methoxy groups -OCH3 is 2. The van der Waals surface area contributed by atoms with Gasteiger partial charge in [-0.2, -0.15) is 5.26 Å². The molecule has 1 aliphatic heterocycles. The molecule has 0 amide bonds.